The molecule has 1 fully saturated rings. The largest absolute Gasteiger partial charge is 0.481 e. The molecule has 0 spiro atoms. The van der Waals surface area contributed by atoms with E-state index in [9.17, 15) is 4.79 Å². The topological polar surface area (TPSA) is 29.5 Å². The van der Waals surface area contributed by atoms with E-state index in [0.717, 1.165) is 31.7 Å². The van der Waals surface area contributed by atoms with Crippen LogP contribution in [0.5, 0.6) is 5.75 Å². The zero-order valence-corrected chi connectivity index (χ0v) is 13.7. The van der Waals surface area contributed by atoms with Crippen molar-refractivity contribution in [2.75, 3.05) is 13.1 Å². The zero-order valence-electron chi connectivity index (χ0n) is 13.7. The molecule has 3 nitrogen and oxygen atoms in total. The van der Waals surface area contributed by atoms with E-state index in [1.165, 1.54) is 12.0 Å². The minimum atomic E-state index is -0.413. The van der Waals surface area contributed by atoms with Crippen LogP contribution in [0.4, 0.5) is 0 Å². The normalized spacial score (nSPS) is 17.4. The van der Waals surface area contributed by atoms with Gasteiger partial charge in [0.15, 0.2) is 6.10 Å². The van der Waals surface area contributed by atoms with Crippen molar-refractivity contribution >= 4 is 5.91 Å². The number of hydrogen-bond acceptors (Lipinski definition) is 2. The maximum atomic E-state index is 12.3. The van der Waals surface area contributed by atoms with Crippen molar-refractivity contribution < 1.29 is 9.53 Å². The fraction of sp³-hybridized carbons (Fsp3) is 0.611. The highest BCUT2D eigenvalue weighted by Gasteiger charge is 2.23. The summed E-state index contributed by atoms with van der Waals surface area (Å²) in [6.07, 6.45) is 3.04. The van der Waals surface area contributed by atoms with Crippen LogP contribution in [0.3, 0.4) is 0 Å². The first kappa shape index (κ1) is 15.9. The molecule has 0 bridgehead atoms. The number of likely N-dealkylation sites (tertiary alicyclic amines) is 1. The van der Waals surface area contributed by atoms with Crippen LogP contribution in [-0.4, -0.2) is 30.0 Å². The van der Waals surface area contributed by atoms with Gasteiger partial charge in [0.2, 0.25) is 0 Å². The van der Waals surface area contributed by atoms with Gasteiger partial charge in [-0.25, -0.2) is 0 Å². The molecule has 0 aromatic heterocycles. The van der Waals surface area contributed by atoms with Crippen LogP contribution in [0.25, 0.3) is 0 Å². The molecule has 1 aliphatic rings. The molecule has 0 N–H and O–H groups in total. The number of piperidine rings is 1. The maximum absolute atomic E-state index is 12.3. The second kappa shape index (κ2) is 6.50. The first-order valence-corrected chi connectivity index (χ1v) is 7.94. The van der Waals surface area contributed by atoms with E-state index >= 15 is 0 Å². The van der Waals surface area contributed by atoms with Crippen molar-refractivity contribution in [3.8, 4) is 5.75 Å². The van der Waals surface area contributed by atoms with Crippen molar-refractivity contribution in [2.24, 2.45) is 0 Å². The summed E-state index contributed by atoms with van der Waals surface area (Å²) in [4.78, 5) is 14.3. The average Bonchev–Trinajstić information content (AvgIpc) is 2.47. The summed E-state index contributed by atoms with van der Waals surface area (Å²) in [7, 11) is 0. The Morgan fingerprint density at radius 3 is 2.19 bits per heavy atom. The van der Waals surface area contributed by atoms with Crippen LogP contribution >= 0.6 is 0 Å². The van der Waals surface area contributed by atoms with Crippen molar-refractivity contribution in [1.82, 2.24) is 4.90 Å². The lowest BCUT2D eigenvalue weighted by Crippen LogP contribution is -2.43. The Bertz CT molecular complexity index is 467. The summed E-state index contributed by atoms with van der Waals surface area (Å²) in [5.41, 5.74) is 1.40. The lowest BCUT2D eigenvalue weighted by atomic mass is 9.87. The van der Waals surface area contributed by atoms with E-state index in [4.69, 9.17) is 4.74 Å². The monoisotopic (exact) mass is 289 g/mol. The molecule has 2 rings (SSSR count). The fourth-order valence-electron chi connectivity index (χ4n) is 2.66. The third kappa shape index (κ3) is 4.23. The van der Waals surface area contributed by atoms with Gasteiger partial charge in [0.1, 0.15) is 5.75 Å². The number of benzene rings is 1. The number of ether oxygens (including phenoxy) is 1. The van der Waals surface area contributed by atoms with Gasteiger partial charge in [0, 0.05) is 13.1 Å². The predicted molar refractivity (Wildman–Crippen MR) is 85.7 cm³/mol. The van der Waals surface area contributed by atoms with Gasteiger partial charge in [-0.3, -0.25) is 4.79 Å². The van der Waals surface area contributed by atoms with Gasteiger partial charge in [0.05, 0.1) is 0 Å². The summed E-state index contributed by atoms with van der Waals surface area (Å²) < 4.78 is 5.81. The molecule has 1 aliphatic heterocycles. The van der Waals surface area contributed by atoms with Crippen LogP contribution in [0, 0.1) is 0 Å². The van der Waals surface area contributed by atoms with Gasteiger partial charge in [0.25, 0.3) is 5.91 Å². The van der Waals surface area contributed by atoms with E-state index < -0.39 is 6.10 Å². The number of hydrogen-bond donors (Lipinski definition) is 0. The summed E-state index contributed by atoms with van der Waals surface area (Å²) >= 11 is 0. The fourth-order valence-corrected chi connectivity index (χ4v) is 2.66. The van der Waals surface area contributed by atoms with Gasteiger partial charge in [-0.1, -0.05) is 32.9 Å². The SMILES string of the molecule is C[C@@H](Oc1ccc(C(C)(C)C)cc1)C(=O)N1CCCCC1. The van der Waals surface area contributed by atoms with Crippen LogP contribution in [0.15, 0.2) is 24.3 Å². The van der Waals surface area contributed by atoms with Crippen molar-refractivity contribution in [3.63, 3.8) is 0 Å². The lowest BCUT2D eigenvalue weighted by Gasteiger charge is -2.29. The molecule has 1 heterocycles. The molecule has 0 radical (unpaired) electrons. The second-order valence-electron chi connectivity index (χ2n) is 6.92. The highest BCUT2D eigenvalue weighted by molar-refractivity contribution is 5.81. The van der Waals surface area contributed by atoms with E-state index in [-0.39, 0.29) is 11.3 Å². The highest BCUT2D eigenvalue weighted by atomic mass is 16.5. The maximum Gasteiger partial charge on any atom is 0.263 e. The third-order valence-electron chi connectivity index (χ3n) is 4.05. The molecule has 1 aromatic carbocycles. The van der Waals surface area contributed by atoms with Gasteiger partial charge < -0.3 is 9.64 Å². The minimum absolute atomic E-state index is 0.106. The van der Waals surface area contributed by atoms with Crippen molar-refractivity contribution in [1.29, 1.82) is 0 Å². The first-order valence-electron chi connectivity index (χ1n) is 7.94. The summed E-state index contributed by atoms with van der Waals surface area (Å²) in [5.74, 6) is 0.871. The molecular weight excluding hydrogens is 262 g/mol. The van der Waals surface area contributed by atoms with Crippen LogP contribution in [0.1, 0.15) is 52.5 Å². The Morgan fingerprint density at radius 2 is 1.67 bits per heavy atom. The molecule has 116 valence electrons. The number of rotatable bonds is 3. The Hall–Kier alpha value is -1.51. The number of nitrogens with zero attached hydrogens (tertiary/aromatic N) is 1. The molecule has 0 saturated carbocycles. The second-order valence-corrected chi connectivity index (χ2v) is 6.92. The van der Waals surface area contributed by atoms with Gasteiger partial charge >= 0.3 is 0 Å². The van der Waals surface area contributed by atoms with E-state index in [1.807, 2.05) is 24.0 Å². The molecular formula is C18H27NO2. The summed E-state index contributed by atoms with van der Waals surface area (Å²) in [5, 5.41) is 0. The smallest absolute Gasteiger partial charge is 0.263 e. The van der Waals surface area contributed by atoms with E-state index in [0.29, 0.717) is 0 Å². The van der Waals surface area contributed by atoms with E-state index in [1.54, 1.807) is 0 Å². The lowest BCUT2D eigenvalue weighted by molar-refractivity contribution is -0.138. The Morgan fingerprint density at radius 1 is 1.10 bits per heavy atom. The van der Waals surface area contributed by atoms with Gasteiger partial charge in [-0.2, -0.15) is 0 Å². The number of amides is 1. The quantitative estimate of drug-likeness (QED) is 0.848. The highest BCUT2D eigenvalue weighted by Crippen LogP contribution is 2.25. The molecule has 21 heavy (non-hydrogen) atoms. The molecule has 3 heteroatoms. The van der Waals surface area contributed by atoms with E-state index in [2.05, 4.69) is 32.9 Å². The Labute approximate surface area is 128 Å². The minimum Gasteiger partial charge on any atom is -0.481 e. The molecule has 0 aliphatic carbocycles. The number of carbonyl (C=O) groups excluding carboxylic acids is 1. The van der Waals surface area contributed by atoms with Crippen molar-refractivity contribution in [2.45, 2.75) is 58.5 Å². The summed E-state index contributed by atoms with van der Waals surface area (Å²) in [6, 6.07) is 8.07. The van der Waals surface area contributed by atoms with Crippen molar-refractivity contribution in [3.05, 3.63) is 29.8 Å². The Kier molecular flexibility index (Phi) is 4.92. The molecule has 1 atom stereocenters. The zero-order chi connectivity index (χ0) is 15.5. The molecule has 1 aromatic rings. The first-order chi connectivity index (χ1) is 9.88. The Balaban J connectivity index is 1.95. The summed E-state index contributed by atoms with van der Waals surface area (Å²) in [6.45, 7) is 10.1. The predicted octanol–water partition coefficient (Wildman–Crippen LogP) is 3.76. The van der Waals surface area contributed by atoms with Gasteiger partial charge in [-0.15, -0.1) is 0 Å². The number of carbonyl (C=O) groups is 1. The van der Waals surface area contributed by atoms with Crippen LogP contribution < -0.4 is 4.74 Å². The molecule has 1 saturated heterocycles. The molecule has 1 amide bonds. The van der Waals surface area contributed by atoms with Crippen LogP contribution in [-0.2, 0) is 10.2 Å². The molecule has 0 unspecified atom stereocenters. The standard InChI is InChI=1S/C18H27NO2/c1-14(17(20)19-12-6-5-7-13-19)21-16-10-8-15(9-11-16)18(2,3)4/h8-11,14H,5-7,12-13H2,1-4H3/t14-/m1/s1. The van der Waals surface area contributed by atoms with Gasteiger partial charge in [-0.05, 0) is 49.3 Å². The van der Waals surface area contributed by atoms with Crippen LogP contribution in [0.2, 0.25) is 0 Å². The average molecular weight is 289 g/mol. The third-order valence-corrected chi connectivity index (χ3v) is 4.05.